The van der Waals surface area contributed by atoms with E-state index in [1.807, 2.05) is 11.0 Å². The quantitative estimate of drug-likeness (QED) is 0.728. The summed E-state index contributed by atoms with van der Waals surface area (Å²) in [6.45, 7) is 0. The standard InChI is InChI=1S/C12H10ClN5O/c13-7-1-3-9-10(5-7)18-11(14-15-16-18)6-8-2-4-12(19)17(8)9/h1,3,5,8H,2,4,6H2/t8-/m0/s1. The van der Waals surface area contributed by atoms with Crippen LogP contribution >= 0.6 is 11.6 Å². The van der Waals surface area contributed by atoms with E-state index in [1.54, 1.807) is 16.8 Å². The van der Waals surface area contributed by atoms with Crippen molar-refractivity contribution in [1.29, 1.82) is 0 Å². The van der Waals surface area contributed by atoms with Gasteiger partial charge in [0.25, 0.3) is 0 Å². The zero-order chi connectivity index (χ0) is 13.0. The Labute approximate surface area is 114 Å². The van der Waals surface area contributed by atoms with Crippen molar-refractivity contribution < 1.29 is 4.79 Å². The summed E-state index contributed by atoms with van der Waals surface area (Å²) in [6, 6.07) is 5.59. The zero-order valence-electron chi connectivity index (χ0n) is 9.95. The van der Waals surface area contributed by atoms with Crippen LogP contribution in [0.3, 0.4) is 0 Å². The zero-order valence-corrected chi connectivity index (χ0v) is 10.7. The maximum absolute atomic E-state index is 12.1. The SMILES string of the molecule is O=C1CC[C@H]2Cc3nnnn3-c3cc(Cl)ccc3N12. The summed E-state index contributed by atoms with van der Waals surface area (Å²) in [7, 11) is 0. The lowest BCUT2D eigenvalue weighted by atomic mass is 10.1. The molecule has 0 unspecified atom stereocenters. The van der Waals surface area contributed by atoms with Crippen LogP contribution in [0.4, 0.5) is 5.69 Å². The van der Waals surface area contributed by atoms with Crippen LogP contribution in [0.1, 0.15) is 18.7 Å². The molecule has 3 heterocycles. The Morgan fingerprint density at radius 3 is 3.11 bits per heavy atom. The Bertz CT molecular complexity index is 683. The number of halogens is 1. The Kier molecular flexibility index (Phi) is 2.17. The van der Waals surface area contributed by atoms with Gasteiger partial charge in [0, 0.05) is 23.9 Å². The Morgan fingerprint density at radius 2 is 2.21 bits per heavy atom. The average molecular weight is 276 g/mol. The van der Waals surface area contributed by atoms with E-state index in [0.717, 1.165) is 23.6 Å². The van der Waals surface area contributed by atoms with Crippen molar-refractivity contribution in [3.05, 3.63) is 29.0 Å². The number of benzene rings is 1. The highest BCUT2D eigenvalue weighted by Crippen LogP contribution is 2.37. The number of carbonyl (C=O) groups is 1. The Morgan fingerprint density at radius 1 is 1.32 bits per heavy atom. The van der Waals surface area contributed by atoms with Gasteiger partial charge in [-0.1, -0.05) is 11.6 Å². The van der Waals surface area contributed by atoms with E-state index in [2.05, 4.69) is 15.5 Å². The van der Waals surface area contributed by atoms with Gasteiger partial charge in [0.2, 0.25) is 5.91 Å². The molecular formula is C12H10ClN5O. The number of hydrogen-bond acceptors (Lipinski definition) is 4. The predicted octanol–water partition coefficient (Wildman–Crippen LogP) is 1.37. The second-order valence-corrected chi connectivity index (χ2v) is 5.24. The maximum atomic E-state index is 12.1. The van der Waals surface area contributed by atoms with E-state index in [-0.39, 0.29) is 11.9 Å². The summed E-state index contributed by atoms with van der Waals surface area (Å²) in [5.74, 6) is 0.915. The highest BCUT2D eigenvalue weighted by atomic mass is 35.5. The van der Waals surface area contributed by atoms with Gasteiger partial charge in [-0.15, -0.1) is 5.10 Å². The number of fused-ring (bicyclic) bond motifs is 5. The molecule has 0 aliphatic carbocycles. The largest absolute Gasteiger partial charge is 0.307 e. The van der Waals surface area contributed by atoms with Gasteiger partial charge in [0.1, 0.15) is 0 Å². The van der Waals surface area contributed by atoms with Crippen LogP contribution in [0.5, 0.6) is 0 Å². The Balaban J connectivity index is 2.01. The molecule has 2 aromatic rings. The van der Waals surface area contributed by atoms with Crippen LogP contribution in [0.25, 0.3) is 5.69 Å². The van der Waals surface area contributed by atoms with E-state index in [1.165, 1.54) is 0 Å². The van der Waals surface area contributed by atoms with E-state index >= 15 is 0 Å². The molecule has 0 spiro atoms. The minimum Gasteiger partial charge on any atom is -0.307 e. The minimum atomic E-state index is 0.139. The van der Waals surface area contributed by atoms with Gasteiger partial charge < -0.3 is 4.90 Å². The fraction of sp³-hybridized carbons (Fsp3) is 0.333. The maximum Gasteiger partial charge on any atom is 0.227 e. The van der Waals surface area contributed by atoms with Crippen molar-refractivity contribution in [3.8, 4) is 5.69 Å². The molecular weight excluding hydrogens is 266 g/mol. The lowest BCUT2D eigenvalue weighted by Crippen LogP contribution is -2.33. The van der Waals surface area contributed by atoms with E-state index in [0.29, 0.717) is 17.9 Å². The summed E-state index contributed by atoms with van der Waals surface area (Å²) in [6.07, 6.45) is 2.09. The normalized spacial score (nSPS) is 20.8. The van der Waals surface area contributed by atoms with Crippen LogP contribution in [0.2, 0.25) is 5.02 Å². The molecule has 1 saturated heterocycles. The molecule has 1 aromatic carbocycles. The molecule has 0 N–H and O–H groups in total. The monoisotopic (exact) mass is 275 g/mol. The van der Waals surface area contributed by atoms with E-state index in [9.17, 15) is 4.79 Å². The molecule has 7 heteroatoms. The molecule has 0 saturated carbocycles. The first-order chi connectivity index (χ1) is 9.24. The van der Waals surface area contributed by atoms with Crippen molar-refractivity contribution in [3.63, 3.8) is 0 Å². The number of hydrogen-bond donors (Lipinski definition) is 0. The first kappa shape index (κ1) is 10.9. The number of nitrogens with zero attached hydrogens (tertiary/aromatic N) is 5. The van der Waals surface area contributed by atoms with Crippen LogP contribution in [0, 0.1) is 0 Å². The van der Waals surface area contributed by atoms with Crippen LogP contribution in [-0.2, 0) is 11.2 Å². The fourth-order valence-corrected chi connectivity index (χ4v) is 3.03. The number of amides is 1. The number of aromatic nitrogens is 4. The third-order valence-corrected chi connectivity index (χ3v) is 3.94. The smallest absolute Gasteiger partial charge is 0.227 e. The van der Waals surface area contributed by atoms with Gasteiger partial charge in [-0.3, -0.25) is 4.79 Å². The predicted molar refractivity (Wildman–Crippen MR) is 68.4 cm³/mol. The van der Waals surface area contributed by atoms with E-state index < -0.39 is 0 Å². The van der Waals surface area contributed by atoms with Gasteiger partial charge in [-0.2, -0.15) is 4.68 Å². The molecule has 4 rings (SSSR count). The van der Waals surface area contributed by atoms with Gasteiger partial charge in [0.15, 0.2) is 5.82 Å². The van der Waals surface area contributed by atoms with E-state index in [4.69, 9.17) is 11.6 Å². The van der Waals surface area contributed by atoms with Crippen molar-refractivity contribution in [2.24, 2.45) is 0 Å². The minimum absolute atomic E-state index is 0.139. The third-order valence-electron chi connectivity index (χ3n) is 3.70. The second kappa shape index (κ2) is 3.77. The third kappa shape index (κ3) is 1.49. The summed E-state index contributed by atoms with van der Waals surface area (Å²) in [5.41, 5.74) is 1.60. The second-order valence-electron chi connectivity index (χ2n) is 4.80. The summed E-state index contributed by atoms with van der Waals surface area (Å²) in [4.78, 5) is 14.0. The molecule has 1 amide bonds. The Hall–Kier alpha value is -1.95. The molecule has 19 heavy (non-hydrogen) atoms. The molecule has 1 fully saturated rings. The average Bonchev–Trinajstić information content (AvgIpc) is 2.96. The summed E-state index contributed by atoms with van der Waals surface area (Å²) >= 11 is 6.06. The molecule has 1 atom stereocenters. The molecule has 6 nitrogen and oxygen atoms in total. The molecule has 96 valence electrons. The van der Waals surface area contributed by atoms with Crippen LogP contribution in [-0.4, -0.2) is 32.2 Å². The molecule has 0 bridgehead atoms. The highest BCUT2D eigenvalue weighted by molar-refractivity contribution is 6.31. The van der Waals surface area contributed by atoms with Crippen molar-refractivity contribution in [2.75, 3.05) is 4.90 Å². The van der Waals surface area contributed by atoms with Crippen molar-refractivity contribution in [2.45, 2.75) is 25.3 Å². The molecule has 1 aromatic heterocycles. The molecule has 2 aliphatic heterocycles. The van der Waals surface area contributed by atoms with Gasteiger partial charge in [-0.25, -0.2) is 0 Å². The van der Waals surface area contributed by atoms with Crippen LogP contribution < -0.4 is 4.90 Å². The van der Waals surface area contributed by atoms with Crippen molar-refractivity contribution in [1.82, 2.24) is 20.2 Å². The fourth-order valence-electron chi connectivity index (χ4n) is 2.87. The van der Waals surface area contributed by atoms with Gasteiger partial charge >= 0.3 is 0 Å². The molecule has 2 aliphatic rings. The highest BCUT2D eigenvalue weighted by Gasteiger charge is 2.37. The lowest BCUT2D eigenvalue weighted by Gasteiger charge is -2.23. The topological polar surface area (TPSA) is 63.9 Å². The van der Waals surface area contributed by atoms with Gasteiger partial charge in [0.05, 0.1) is 11.4 Å². The number of carbonyl (C=O) groups excluding carboxylic acids is 1. The van der Waals surface area contributed by atoms with Crippen molar-refractivity contribution >= 4 is 23.2 Å². The van der Waals surface area contributed by atoms with Gasteiger partial charge in [-0.05, 0) is 35.0 Å². The lowest BCUT2D eigenvalue weighted by molar-refractivity contribution is -0.117. The molecule has 0 radical (unpaired) electrons. The summed E-state index contributed by atoms with van der Waals surface area (Å²) < 4.78 is 1.67. The number of tetrazole rings is 1. The first-order valence-electron chi connectivity index (χ1n) is 6.13. The number of anilines is 1. The van der Waals surface area contributed by atoms with Crippen LogP contribution in [0.15, 0.2) is 18.2 Å². The number of rotatable bonds is 0. The summed E-state index contributed by atoms with van der Waals surface area (Å²) in [5, 5.41) is 12.4. The first-order valence-corrected chi connectivity index (χ1v) is 6.51.